The van der Waals surface area contributed by atoms with Gasteiger partial charge in [0.05, 0.1) is 27.9 Å². The minimum absolute atomic E-state index is 0.0753. The van der Waals surface area contributed by atoms with Crippen LogP contribution in [0.25, 0.3) is 16.9 Å². The molecule has 0 spiro atoms. The molecule has 17 heteroatoms. The van der Waals surface area contributed by atoms with Crippen molar-refractivity contribution in [2.45, 2.75) is 23.7 Å². The third kappa shape index (κ3) is 5.68. The van der Waals surface area contributed by atoms with Gasteiger partial charge in [0, 0.05) is 11.3 Å². The first kappa shape index (κ1) is 27.9. The zero-order valence-electron chi connectivity index (χ0n) is 18.8. The van der Waals surface area contributed by atoms with Crippen LogP contribution in [0.3, 0.4) is 0 Å². The van der Waals surface area contributed by atoms with E-state index in [2.05, 4.69) is 15.4 Å². The van der Waals surface area contributed by atoms with Gasteiger partial charge in [-0.25, -0.2) is 31.8 Å². The van der Waals surface area contributed by atoms with Crippen molar-refractivity contribution in [2.75, 3.05) is 5.32 Å². The molecule has 39 heavy (non-hydrogen) atoms. The molecule has 0 bridgehead atoms. The molecule has 2 heterocycles. The summed E-state index contributed by atoms with van der Waals surface area (Å²) in [5.74, 6) is -1.02. The SMILES string of the molecule is NS(=O)(=O)c1cccc(NC(=O)c2cnn3c(C(F)F)cc(-c4ccc(C(F)(F)F)c(C(F)(F)F)c4)nc23)c1. The van der Waals surface area contributed by atoms with Crippen LogP contribution >= 0.6 is 0 Å². The second kappa shape index (κ2) is 9.57. The Labute approximate surface area is 213 Å². The molecule has 0 aliphatic carbocycles. The van der Waals surface area contributed by atoms with Crippen LogP contribution in [-0.4, -0.2) is 28.9 Å². The Morgan fingerprint density at radius 2 is 1.62 bits per heavy atom. The number of alkyl halides is 8. The normalized spacial score (nSPS) is 12.8. The number of hydrogen-bond acceptors (Lipinski definition) is 5. The maximum atomic E-state index is 13.8. The van der Waals surface area contributed by atoms with E-state index in [9.17, 15) is 48.3 Å². The molecule has 0 aliphatic heterocycles. The molecule has 2 aromatic heterocycles. The van der Waals surface area contributed by atoms with Crippen molar-refractivity contribution in [3.8, 4) is 11.3 Å². The third-order valence-corrected chi connectivity index (χ3v) is 6.23. The minimum atomic E-state index is -5.44. The smallest absolute Gasteiger partial charge is 0.322 e. The van der Waals surface area contributed by atoms with Gasteiger partial charge in [0.2, 0.25) is 10.0 Å². The highest BCUT2D eigenvalue weighted by Gasteiger charge is 2.43. The lowest BCUT2D eigenvalue weighted by Gasteiger charge is -2.17. The van der Waals surface area contributed by atoms with Crippen LogP contribution in [-0.2, 0) is 22.4 Å². The molecule has 206 valence electrons. The third-order valence-electron chi connectivity index (χ3n) is 5.31. The Balaban J connectivity index is 1.84. The number of carbonyl (C=O) groups is 1. The topological polar surface area (TPSA) is 119 Å². The fourth-order valence-electron chi connectivity index (χ4n) is 3.58. The predicted molar refractivity (Wildman–Crippen MR) is 119 cm³/mol. The van der Waals surface area contributed by atoms with Gasteiger partial charge < -0.3 is 5.32 Å². The van der Waals surface area contributed by atoms with E-state index in [4.69, 9.17) is 5.14 Å². The summed E-state index contributed by atoms with van der Waals surface area (Å²) >= 11 is 0. The van der Waals surface area contributed by atoms with Crippen molar-refractivity contribution in [2.24, 2.45) is 5.14 Å². The Morgan fingerprint density at radius 3 is 2.21 bits per heavy atom. The van der Waals surface area contributed by atoms with Gasteiger partial charge in [0.25, 0.3) is 12.3 Å². The number of halogens is 8. The van der Waals surface area contributed by atoms with Crippen molar-refractivity contribution >= 4 is 27.3 Å². The number of carbonyl (C=O) groups excluding carboxylic acids is 1. The number of rotatable bonds is 5. The van der Waals surface area contributed by atoms with E-state index in [1.807, 2.05) is 0 Å². The number of hydrogen-bond donors (Lipinski definition) is 2. The van der Waals surface area contributed by atoms with Gasteiger partial charge >= 0.3 is 12.4 Å². The number of nitrogens with two attached hydrogens (primary N) is 1. The van der Waals surface area contributed by atoms with Crippen molar-refractivity contribution < 1.29 is 48.3 Å². The average Bonchev–Trinajstić information content (AvgIpc) is 3.25. The van der Waals surface area contributed by atoms with E-state index in [-0.39, 0.29) is 22.7 Å². The molecule has 0 saturated carbocycles. The number of sulfonamides is 1. The number of aromatic nitrogens is 3. The van der Waals surface area contributed by atoms with Gasteiger partial charge in [-0.05, 0) is 36.4 Å². The zero-order valence-corrected chi connectivity index (χ0v) is 19.7. The predicted octanol–water partition coefficient (Wildman–Crippen LogP) is 5.27. The lowest BCUT2D eigenvalue weighted by atomic mass is 10.0. The van der Waals surface area contributed by atoms with Crippen LogP contribution in [0.1, 0.15) is 33.6 Å². The number of fused-ring (bicyclic) bond motifs is 1. The lowest BCUT2D eigenvalue weighted by Crippen LogP contribution is -2.16. The molecule has 8 nitrogen and oxygen atoms in total. The molecule has 0 aliphatic rings. The summed E-state index contributed by atoms with van der Waals surface area (Å²) in [6.07, 6.45) is -13.3. The highest BCUT2D eigenvalue weighted by molar-refractivity contribution is 7.89. The van der Waals surface area contributed by atoms with Gasteiger partial charge in [-0.15, -0.1) is 0 Å². The number of nitrogens with one attached hydrogen (secondary N) is 1. The Hall–Kier alpha value is -4.12. The van der Waals surface area contributed by atoms with Gasteiger partial charge in [0.1, 0.15) is 11.3 Å². The summed E-state index contributed by atoms with van der Waals surface area (Å²) < 4.78 is 131. The largest absolute Gasteiger partial charge is 0.417 e. The first-order valence-electron chi connectivity index (χ1n) is 10.4. The fourth-order valence-corrected chi connectivity index (χ4v) is 4.14. The van der Waals surface area contributed by atoms with E-state index >= 15 is 0 Å². The molecule has 4 aromatic rings. The Bertz CT molecular complexity index is 1700. The molecular formula is C22H13F8N5O3S. The lowest BCUT2D eigenvalue weighted by molar-refractivity contribution is -0.162. The Kier molecular flexibility index (Phi) is 6.84. The number of nitrogens with zero attached hydrogens (tertiary/aromatic N) is 3. The molecular weight excluding hydrogens is 566 g/mol. The number of primary sulfonamides is 1. The second-order valence-corrected chi connectivity index (χ2v) is 9.50. The van der Waals surface area contributed by atoms with Crippen LogP contribution in [0, 0.1) is 0 Å². The van der Waals surface area contributed by atoms with Crippen LogP contribution in [0.2, 0.25) is 0 Å². The zero-order chi connectivity index (χ0) is 28.9. The van der Waals surface area contributed by atoms with Gasteiger partial charge in [0.15, 0.2) is 5.65 Å². The van der Waals surface area contributed by atoms with Gasteiger partial charge in [-0.2, -0.15) is 31.4 Å². The maximum absolute atomic E-state index is 13.8. The molecule has 0 atom stereocenters. The van der Waals surface area contributed by atoms with E-state index in [0.29, 0.717) is 16.6 Å². The standard InChI is InChI=1S/C22H13F8N5O3S/c23-18(24)17-8-16(10-4-5-14(21(25,26)27)15(6-10)22(28,29)30)34-19-13(9-32-35(17)19)20(36)33-11-2-1-3-12(7-11)39(31,37)38/h1-9,18H,(H,33,36)(H2,31,37,38). The molecule has 3 N–H and O–H groups in total. The summed E-state index contributed by atoms with van der Waals surface area (Å²) in [7, 11) is -4.14. The number of amides is 1. The monoisotopic (exact) mass is 579 g/mol. The fraction of sp³-hybridized carbons (Fsp3) is 0.136. The summed E-state index contributed by atoms with van der Waals surface area (Å²) in [6.45, 7) is 0. The van der Waals surface area contributed by atoms with Crippen LogP contribution in [0.15, 0.2) is 59.6 Å². The molecule has 0 radical (unpaired) electrons. The van der Waals surface area contributed by atoms with Gasteiger partial charge in [-0.1, -0.05) is 12.1 Å². The molecule has 1 amide bonds. The second-order valence-electron chi connectivity index (χ2n) is 7.94. The first-order valence-corrected chi connectivity index (χ1v) is 11.9. The minimum Gasteiger partial charge on any atom is -0.322 e. The number of benzene rings is 2. The summed E-state index contributed by atoms with van der Waals surface area (Å²) in [5, 5.41) is 11.0. The molecule has 4 rings (SSSR count). The maximum Gasteiger partial charge on any atom is 0.417 e. The van der Waals surface area contributed by atoms with Crippen molar-refractivity contribution in [1.29, 1.82) is 0 Å². The average molecular weight is 579 g/mol. The van der Waals surface area contributed by atoms with E-state index in [1.165, 1.54) is 12.1 Å². The Morgan fingerprint density at radius 1 is 0.949 bits per heavy atom. The highest BCUT2D eigenvalue weighted by atomic mass is 32.2. The van der Waals surface area contributed by atoms with Crippen LogP contribution in [0.4, 0.5) is 40.8 Å². The van der Waals surface area contributed by atoms with Crippen LogP contribution < -0.4 is 10.5 Å². The first-order chi connectivity index (χ1) is 18.0. The molecule has 2 aromatic carbocycles. The summed E-state index contributed by atoms with van der Waals surface area (Å²) in [4.78, 5) is 16.4. The van der Waals surface area contributed by atoms with E-state index in [0.717, 1.165) is 18.3 Å². The van der Waals surface area contributed by atoms with Crippen molar-refractivity contribution in [1.82, 2.24) is 14.6 Å². The van der Waals surface area contributed by atoms with Crippen molar-refractivity contribution in [3.63, 3.8) is 0 Å². The number of anilines is 1. The molecule has 0 saturated heterocycles. The van der Waals surface area contributed by atoms with E-state index < -0.39 is 74.0 Å². The summed E-state index contributed by atoms with van der Waals surface area (Å²) in [6, 6.07) is 6.19. The quantitative estimate of drug-likeness (QED) is 0.312. The highest BCUT2D eigenvalue weighted by Crippen LogP contribution is 2.42. The van der Waals surface area contributed by atoms with E-state index in [1.54, 1.807) is 0 Å². The van der Waals surface area contributed by atoms with Crippen molar-refractivity contribution in [3.05, 3.63) is 77.1 Å². The molecule has 0 fully saturated rings. The summed E-state index contributed by atoms with van der Waals surface area (Å²) in [5.41, 5.74) is -7.24. The molecule has 0 unspecified atom stereocenters. The van der Waals surface area contributed by atoms with Gasteiger partial charge in [-0.3, -0.25) is 4.79 Å². The van der Waals surface area contributed by atoms with Crippen LogP contribution in [0.5, 0.6) is 0 Å².